The summed E-state index contributed by atoms with van der Waals surface area (Å²) in [6, 6.07) is 0. The van der Waals surface area contributed by atoms with Crippen molar-refractivity contribution in [3.63, 3.8) is 0 Å². The number of aliphatic hydroxyl groups is 1. The Bertz CT molecular complexity index is 1280. The Labute approximate surface area is 264 Å². The van der Waals surface area contributed by atoms with Gasteiger partial charge in [0, 0.05) is 89.0 Å². The molecule has 0 bridgehead atoms. The van der Waals surface area contributed by atoms with Crippen LogP contribution in [0.3, 0.4) is 0 Å². The minimum absolute atomic E-state index is 0.00341. The van der Waals surface area contributed by atoms with Gasteiger partial charge in [-0.1, -0.05) is 13.8 Å². The molecule has 7 atom stereocenters. The number of rotatable bonds is 7. The van der Waals surface area contributed by atoms with E-state index in [9.17, 15) is 24.3 Å². The largest absolute Gasteiger partial charge is 0.458 e. The molecule has 0 aromatic rings. The number of hydrogen-bond donors (Lipinski definition) is 1. The van der Waals surface area contributed by atoms with Crippen molar-refractivity contribution < 1.29 is 43.2 Å². The van der Waals surface area contributed by atoms with E-state index < -0.39 is 58.6 Å². The molecular weight excluding hydrogens is 582 g/mol. The fourth-order valence-electron chi connectivity index (χ4n) is 8.91. The van der Waals surface area contributed by atoms with Crippen molar-refractivity contribution in [2.24, 2.45) is 22.7 Å². The van der Waals surface area contributed by atoms with Crippen LogP contribution >= 0.6 is 0 Å². The topological polar surface area (TPSA) is 135 Å². The molecule has 0 radical (unpaired) electrons. The first-order valence-electron chi connectivity index (χ1n) is 16.4. The van der Waals surface area contributed by atoms with Crippen LogP contribution in [0.2, 0.25) is 0 Å². The molecule has 248 valence electrons. The van der Waals surface area contributed by atoms with Gasteiger partial charge in [-0.05, 0) is 30.8 Å². The minimum Gasteiger partial charge on any atom is -0.458 e. The third-order valence-corrected chi connectivity index (χ3v) is 11.4. The Kier molecular flexibility index (Phi) is 8.99. The molecule has 0 spiro atoms. The Hall–Kier alpha value is -2.64. The van der Waals surface area contributed by atoms with E-state index in [2.05, 4.69) is 9.80 Å². The average Bonchev–Trinajstić information content (AvgIpc) is 3.31. The second kappa shape index (κ2) is 12.5. The van der Waals surface area contributed by atoms with E-state index in [1.54, 1.807) is 6.20 Å². The molecule has 3 aliphatic carbocycles. The molecule has 3 heterocycles. The number of allylic oxidation sites excluding steroid dienone is 1. The number of cyclic esters (lactones) is 1. The summed E-state index contributed by atoms with van der Waals surface area (Å²) >= 11 is 0. The average molecular weight is 630 g/mol. The number of nitrogens with zero attached hydrogens (tertiary/aromatic N) is 3. The molecule has 2 unspecified atom stereocenters. The number of fused-ring (bicyclic) bond motifs is 4. The lowest BCUT2D eigenvalue weighted by atomic mass is 9.50. The molecule has 1 N–H and O–H groups in total. The van der Waals surface area contributed by atoms with E-state index >= 15 is 0 Å². The van der Waals surface area contributed by atoms with Gasteiger partial charge in [0.25, 0.3) is 0 Å². The van der Waals surface area contributed by atoms with E-state index in [4.69, 9.17) is 18.9 Å². The van der Waals surface area contributed by atoms with E-state index in [1.807, 2.05) is 18.7 Å². The zero-order valence-electron chi connectivity index (χ0n) is 26.9. The zero-order valence-corrected chi connectivity index (χ0v) is 26.9. The van der Waals surface area contributed by atoms with Gasteiger partial charge in [0.05, 0.1) is 37.4 Å². The molecule has 6 aliphatic rings. The van der Waals surface area contributed by atoms with Gasteiger partial charge in [-0.2, -0.15) is 0 Å². The van der Waals surface area contributed by atoms with E-state index in [1.165, 1.54) is 14.0 Å². The Balaban J connectivity index is 1.33. The van der Waals surface area contributed by atoms with Gasteiger partial charge in [-0.3, -0.25) is 24.2 Å². The molecule has 45 heavy (non-hydrogen) atoms. The monoisotopic (exact) mass is 629 g/mol. The van der Waals surface area contributed by atoms with Crippen LogP contribution in [0.1, 0.15) is 40.0 Å². The highest BCUT2D eigenvalue weighted by Crippen LogP contribution is 2.63. The number of Topliss-reactive ketones (excluding diaryl/α,β-unsaturated/α-hetero) is 2. The van der Waals surface area contributed by atoms with Crippen LogP contribution in [-0.4, -0.2) is 141 Å². The number of ketones is 2. The van der Waals surface area contributed by atoms with Crippen molar-refractivity contribution >= 4 is 23.5 Å². The molecule has 3 aliphatic heterocycles. The molecule has 6 rings (SSSR count). The number of methoxy groups -OCH3 is 1. The van der Waals surface area contributed by atoms with Gasteiger partial charge in [0.1, 0.15) is 12.2 Å². The predicted octanol–water partition coefficient (Wildman–Crippen LogP) is 0.575. The first-order chi connectivity index (χ1) is 21.5. The Morgan fingerprint density at radius 1 is 1.02 bits per heavy atom. The SMILES string of the molecule is COC[C@H]1OC(=O)/C(=C/N2CCN(CCN3CCOCC3)CC2)C2C(=O)C(=O)C3=C([C@H](OC(C)=O)C[C@@]4(C)C3CC[C@@H]4O)[C@]21C. The lowest BCUT2D eigenvalue weighted by molar-refractivity contribution is -0.175. The van der Waals surface area contributed by atoms with Crippen LogP contribution in [0.5, 0.6) is 0 Å². The summed E-state index contributed by atoms with van der Waals surface area (Å²) in [5, 5.41) is 11.0. The third-order valence-electron chi connectivity index (χ3n) is 11.4. The number of hydrogen-bond acceptors (Lipinski definition) is 12. The second-order valence-corrected chi connectivity index (χ2v) is 14.0. The van der Waals surface area contributed by atoms with E-state index in [0.717, 1.165) is 52.5 Å². The lowest BCUT2D eigenvalue weighted by Gasteiger charge is -2.56. The zero-order chi connectivity index (χ0) is 32.1. The predicted molar refractivity (Wildman–Crippen MR) is 161 cm³/mol. The Morgan fingerprint density at radius 2 is 1.69 bits per heavy atom. The maximum atomic E-state index is 14.3. The second-order valence-electron chi connectivity index (χ2n) is 14.0. The van der Waals surface area contributed by atoms with Crippen molar-refractivity contribution in [1.29, 1.82) is 0 Å². The van der Waals surface area contributed by atoms with Crippen molar-refractivity contribution in [2.45, 2.75) is 58.3 Å². The number of piperazine rings is 1. The highest BCUT2D eigenvalue weighted by Gasteiger charge is 2.67. The summed E-state index contributed by atoms with van der Waals surface area (Å²) in [6.07, 6.45) is 0.596. The molecule has 1 saturated carbocycles. The van der Waals surface area contributed by atoms with Crippen molar-refractivity contribution in [1.82, 2.24) is 14.7 Å². The van der Waals surface area contributed by atoms with Crippen LogP contribution in [0.4, 0.5) is 0 Å². The fraction of sp³-hybridized carbons (Fsp3) is 0.758. The molecule has 12 heteroatoms. The van der Waals surface area contributed by atoms with Crippen LogP contribution < -0.4 is 0 Å². The maximum absolute atomic E-state index is 14.3. The van der Waals surface area contributed by atoms with Crippen molar-refractivity contribution in [2.75, 3.05) is 79.3 Å². The summed E-state index contributed by atoms with van der Waals surface area (Å²) in [6.45, 7) is 13.4. The highest BCUT2D eigenvalue weighted by molar-refractivity contribution is 6.47. The highest BCUT2D eigenvalue weighted by atomic mass is 16.6. The molecule has 12 nitrogen and oxygen atoms in total. The molecule has 0 amide bonds. The minimum atomic E-state index is -1.19. The summed E-state index contributed by atoms with van der Waals surface area (Å²) < 4.78 is 22.9. The number of carbonyl (C=O) groups is 4. The molecule has 0 aromatic heterocycles. The number of carbonyl (C=O) groups excluding carboxylic acids is 4. The lowest BCUT2D eigenvalue weighted by Crippen LogP contribution is -2.63. The summed E-state index contributed by atoms with van der Waals surface area (Å²) in [4.78, 5) is 61.3. The van der Waals surface area contributed by atoms with Gasteiger partial charge in [0.2, 0.25) is 11.6 Å². The van der Waals surface area contributed by atoms with Crippen molar-refractivity contribution in [3.8, 4) is 0 Å². The standard InChI is InChI=1S/C33H47N3O9/c1-20(37)44-23-17-32(2)22(5-6-24(32)38)26-28(23)33(3)25(19-42-4)45-31(41)21(27(33)30(40)29(26)39)18-36-11-9-34(10-12-36)7-8-35-13-15-43-16-14-35/h18,22-25,27,38H,5-17,19H2,1-4H3/b21-18+/t22?,23-,24+,25-,27?,32+,33+/m1/s1. The fourth-order valence-corrected chi connectivity index (χ4v) is 8.91. The normalized spacial score (nSPS) is 38.6. The summed E-state index contributed by atoms with van der Waals surface area (Å²) in [7, 11) is 1.50. The summed E-state index contributed by atoms with van der Waals surface area (Å²) in [5.74, 6) is -3.96. The number of ether oxygens (including phenoxy) is 4. The molecule has 0 aromatic carbocycles. The van der Waals surface area contributed by atoms with Gasteiger partial charge in [0.15, 0.2) is 0 Å². The first-order valence-corrected chi connectivity index (χ1v) is 16.4. The van der Waals surface area contributed by atoms with Gasteiger partial charge >= 0.3 is 11.9 Å². The number of aliphatic hydroxyl groups excluding tert-OH is 1. The van der Waals surface area contributed by atoms with Gasteiger partial charge < -0.3 is 29.0 Å². The van der Waals surface area contributed by atoms with Crippen molar-refractivity contribution in [3.05, 3.63) is 22.9 Å². The Morgan fingerprint density at radius 3 is 2.33 bits per heavy atom. The third kappa shape index (κ3) is 5.56. The molecule has 4 fully saturated rings. The maximum Gasteiger partial charge on any atom is 0.336 e. The van der Waals surface area contributed by atoms with Gasteiger partial charge in [-0.25, -0.2) is 4.79 Å². The van der Waals surface area contributed by atoms with Crippen LogP contribution in [-0.2, 0) is 38.1 Å². The first kappa shape index (κ1) is 32.3. The van der Waals surface area contributed by atoms with E-state index in [-0.39, 0.29) is 18.1 Å². The number of esters is 2. The van der Waals surface area contributed by atoms with E-state index in [0.29, 0.717) is 43.5 Å². The smallest absolute Gasteiger partial charge is 0.336 e. The van der Waals surface area contributed by atoms with Crippen LogP contribution in [0.25, 0.3) is 0 Å². The number of morpholine rings is 1. The quantitative estimate of drug-likeness (QED) is 0.240. The van der Waals surface area contributed by atoms with Crippen LogP contribution in [0, 0.1) is 22.7 Å². The summed E-state index contributed by atoms with van der Waals surface area (Å²) in [5.41, 5.74) is -0.913. The molecular formula is C33H47N3O9. The van der Waals surface area contributed by atoms with Gasteiger partial charge in [-0.15, -0.1) is 0 Å². The molecule has 3 saturated heterocycles. The van der Waals surface area contributed by atoms with Crippen LogP contribution in [0.15, 0.2) is 22.9 Å².